The first kappa shape index (κ1) is 15.0. The second-order valence-corrected chi connectivity index (χ2v) is 5.68. The molecule has 0 unspecified atom stereocenters. The van der Waals surface area contributed by atoms with Gasteiger partial charge in [-0.2, -0.15) is 14.9 Å². The molecule has 4 aromatic rings. The van der Waals surface area contributed by atoms with Gasteiger partial charge in [-0.25, -0.2) is 9.67 Å². The molecule has 0 fully saturated rings. The van der Waals surface area contributed by atoms with Crippen LogP contribution in [0.1, 0.15) is 11.1 Å². The molecular weight excluding hydrogens is 314 g/mol. The van der Waals surface area contributed by atoms with Crippen LogP contribution < -0.4 is 5.56 Å². The molecule has 6 heteroatoms. The smallest absolute Gasteiger partial charge is 0.266 e. The first-order chi connectivity index (χ1) is 12.2. The normalized spacial score (nSPS) is 11.4. The number of aromatic nitrogens is 4. The van der Waals surface area contributed by atoms with E-state index in [1.165, 1.54) is 17.2 Å². The van der Waals surface area contributed by atoms with Crippen LogP contribution in [0.25, 0.3) is 16.7 Å². The molecule has 0 aliphatic heterocycles. The fourth-order valence-electron chi connectivity index (χ4n) is 2.62. The van der Waals surface area contributed by atoms with Gasteiger partial charge in [0.15, 0.2) is 5.65 Å². The zero-order valence-corrected chi connectivity index (χ0v) is 13.6. The van der Waals surface area contributed by atoms with Crippen molar-refractivity contribution in [3.05, 3.63) is 88.6 Å². The van der Waals surface area contributed by atoms with E-state index in [-0.39, 0.29) is 5.56 Å². The second-order valence-electron chi connectivity index (χ2n) is 5.68. The molecule has 0 radical (unpaired) electrons. The molecule has 2 aromatic heterocycles. The highest BCUT2D eigenvalue weighted by atomic mass is 16.1. The second kappa shape index (κ2) is 6.16. The van der Waals surface area contributed by atoms with Crippen molar-refractivity contribution in [2.75, 3.05) is 0 Å². The first-order valence-electron chi connectivity index (χ1n) is 7.84. The lowest BCUT2D eigenvalue weighted by atomic mass is 10.2. The molecule has 122 valence electrons. The molecule has 2 heterocycles. The van der Waals surface area contributed by atoms with Crippen molar-refractivity contribution in [3.63, 3.8) is 0 Å². The van der Waals surface area contributed by atoms with Crippen LogP contribution in [-0.2, 0) is 0 Å². The Kier molecular flexibility index (Phi) is 3.70. The van der Waals surface area contributed by atoms with Gasteiger partial charge >= 0.3 is 0 Å². The molecule has 25 heavy (non-hydrogen) atoms. The molecule has 2 aromatic carbocycles. The largest absolute Gasteiger partial charge is 0.285 e. The highest BCUT2D eigenvalue weighted by molar-refractivity contribution is 5.80. The Morgan fingerprint density at radius 2 is 1.92 bits per heavy atom. The molecule has 6 nitrogen and oxygen atoms in total. The maximum Gasteiger partial charge on any atom is 0.285 e. The van der Waals surface area contributed by atoms with Gasteiger partial charge < -0.3 is 0 Å². The van der Waals surface area contributed by atoms with E-state index >= 15 is 0 Å². The minimum Gasteiger partial charge on any atom is -0.266 e. The summed E-state index contributed by atoms with van der Waals surface area (Å²) in [6.07, 6.45) is 4.58. The van der Waals surface area contributed by atoms with Crippen LogP contribution in [0.2, 0.25) is 0 Å². The number of rotatable bonds is 3. The summed E-state index contributed by atoms with van der Waals surface area (Å²) < 4.78 is 2.87. The third-order valence-corrected chi connectivity index (χ3v) is 3.85. The number of para-hydroxylation sites is 1. The van der Waals surface area contributed by atoms with Crippen LogP contribution in [0.15, 0.2) is 77.0 Å². The van der Waals surface area contributed by atoms with Crippen molar-refractivity contribution >= 4 is 17.2 Å². The molecule has 0 spiro atoms. The van der Waals surface area contributed by atoms with Gasteiger partial charge in [-0.1, -0.05) is 48.0 Å². The first-order valence-corrected chi connectivity index (χ1v) is 7.84. The van der Waals surface area contributed by atoms with Crippen LogP contribution in [0.4, 0.5) is 0 Å². The van der Waals surface area contributed by atoms with Crippen LogP contribution in [0.5, 0.6) is 0 Å². The van der Waals surface area contributed by atoms with E-state index in [2.05, 4.69) is 15.2 Å². The molecule has 0 amide bonds. The van der Waals surface area contributed by atoms with Gasteiger partial charge in [-0.15, -0.1) is 0 Å². The van der Waals surface area contributed by atoms with Gasteiger partial charge in [-0.05, 0) is 24.6 Å². The van der Waals surface area contributed by atoms with Gasteiger partial charge in [0, 0.05) is 0 Å². The van der Waals surface area contributed by atoms with Gasteiger partial charge in [0.25, 0.3) is 5.56 Å². The topological polar surface area (TPSA) is 65.1 Å². The molecule has 0 N–H and O–H groups in total. The minimum absolute atomic E-state index is 0.254. The summed E-state index contributed by atoms with van der Waals surface area (Å²) in [4.78, 5) is 17.0. The third-order valence-electron chi connectivity index (χ3n) is 3.85. The number of hydrogen-bond acceptors (Lipinski definition) is 4. The fourth-order valence-corrected chi connectivity index (χ4v) is 2.62. The molecule has 0 aliphatic carbocycles. The molecular formula is C19H15N5O. The zero-order chi connectivity index (χ0) is 17.2. The van der Waals surface area contributed by atoms with Crippen molar-refractivity contribution in [1.29, 1.82) is 0 Å². The maximum atomic E-state index is 12.6. The van der Waals surface area contributed by atoms with E-state index in [0.29, 0.717) is 11.0 Å². The quantitative estimate of drug-likeness (QED) is 0.543. The molecule has 4 rings (SSSR count). The number of aryl methyl sites for hydroxylation is 1. The maximum absolute atomic E-state index is 12.6. The Balaban J connectivity index is 1.76. The summed E-state index contributed by atoms with van der Waals surface area (Å²) in [5, 5.41) is 8.94. The van der Waals surface area contributed by atoms with Gasteiger partial charge in [0.2, 0.25) is 0 Å². The number of nitrogens with zero attached hydrogens (tertiary/aromatic N) is 5. The Bertz CT molecular complexity index is 1130. The number of fused-ring (bicyclic) bond motifs is 1. The van der Waals surface area contributed by atoms with Gasteiger partial charge in [-0.3, -0.25) is 4.79 Å². The highest BCUT2D eigenvalue weighted by Gasteiger charge is 2.10. The lowest BCUT2D eigenvalue weighted by Crippen LogP contribution is -2.17. The highest BCUT2D eigenvalue weighted by Crippen LogP contribution is 2.12. The summed E-state index contributed by atoms with van der Waals surface area (Å²) in [5.41, 5.74) is 3.17. The van der Waals surface area contributed by atoms with Crippen molar-refractivity contribution in [2.45, 2.75) is 6.92 Å². The number of hydrogen-bond donors (Lipinski definition) is 0. The van der Waals surface area contributed by atoms with E-state index in [4.69, 9.17) is 0 Å². The van der Waals surface area contributed by atoms with Crippen molar-refractivity contribution < 1.29 is 0 Å². The molecule has 0 saturated heterocycles. The van der Waals surface area contributed by atoms with Crippen molar-refractivity contribution in [1.82, 2.24) is 19.4 Å². The average Bonchev–Trinajstić information content (AvgIpc) is 3.07. The van der Waals surface area contributed by atoms with Crippen molar-refractivity contribution in [2.24, 2.45) is 5.10 Å². The van der Waals surface area contributed by atoms with E-state index in [1.807, 2.05) is 61.5 Å². The van der Waals surface area contributed by atoms with E-state index < -0.39 is 0 Å². The summed E-state index contributed by atoms with van der Waals surface area (Å²) in [5.74, 6) is 0. The average molecular weight is 329 g/mol. The summed E-state index contributed by atoms with van der Waals surface area (Å²) in [7, 11) is 0. The third kappa shape index (κ3) is 2.85. The Morgan fingerprint density at radius 1 is 1.08 bits per heavy atom. The van der Waals surface area contributed by atoms with E-state index in [1.54, 1.807) is 10.9 Å². The standard InChI is InChI=1S/C19H15N5O/c1-14-6-5-7-15(10-14)11-21-23-13-20-18-17(19(23)25)12-22-24(18)16-8-3-2-4-9-16/h2-13H,1H3/b21-11-. The summed E-state index contributed by atoms with van der Waals surface area (Å²) >= 11 is 0. The molecule has 0 saturated carbocycles. The molecule has 0 bridgehead atoms. The van der Waals surface area contributed by atoms with Gasteiger partial charge in [0.1, 0.15) is 11.7 Å². The number of benzene rings is 2. The van der Waals surface area contributed by atoms with E-state index in [0.717, 1.165) is 16.8 Å². The monoisotopic (exact) mass is 329 g/mol. The Labute approximate surface area is 143 Å². The zero-order valence-electron chi connectivity index (χ0n) is 13.6. The van der Waals surface area contributed by atoms with Crippen LogP contribution in [-0.4, -0.2) is 25.7 Å². The fraction of sp³-hybridized carbons (Fsp3) is 0.0526. The Hall–Kier alpha value is -3.54. The van der Waals surface area contributed by atoms with Gasteiger partial charge in [0.05, 0.1) is 18.1 Å². The van der Waals surface area contributed by atoms with Crippen molar-refractivity contribution in [3.8, 4) is 5.69 Å². The lowest BCUT2D eigenvalue weighted by molar-refractivity contribution is 0.809. The van der Waals surface area contributed by atoms with Crippen LogP contribution in [0, 0.1) is 6.92 Å². The van der Waals surface area contributed by atoms with Crippen LogP contribution in [0.3, 0.4) is 0 Å². The summed E-state index contributed by atoms with van der Waals surface area (Å²) in [6.45, 7) is 2.01. The summed E-state index contributed by atoms with van der Waals surface area (Å²) in [6, 6.07) is 17.5. The SMILES string of the molecule is Cc1cccc(/C=N\n2cnc3c(cnn3-c3ccccc3)c2=O)c1. The minimum atomic E-state index is -0.254. The van der Waals surface area contributed by atoms with Crippen LogP contribution >= 0.6 is 0 Å². The molecule has 0 atom stereocenters. The van der Waals surface area contributed by atoms with E-state index in [9.17, 15) is 4.79 Å². The predicted molar refractivity (Wildman–Crippen MR) is 97.3 cm³/mol. The lowest BCUT2D eigenvalue weighted by Gasteiger charge is -2.02. The molecule has 0 aliphatic rings. The predicted octanol–water partition coefficient (Wildman–Crippen LogP) is 2.77. The Morgan fingerprint density at radius 3 is 2.72 bits per heavy atom.